The Balaban J connectivity index is 1.83. The van der Waals surface area contributed by atoms with Crippen molar-refractivity contribution in [3.8, 4) is 22.3 Å². The summed E-state index contributed by atoms with van der Waals surface area (Å²) in [6.45, 7) is 7.98. The molecule has 0 bridgehead atoms. The topological polar surface area (TPSA) is 0 Å². The van der Waals surface area contributed by atoms with Crippen LogP contribution in [0.3, 0.4) is 0 Å². The van der Waals surface area contributed by atoms with E-state index in [1.807, 2.05) is 12.2 Å². The van der Waals surface area contributed by atoms with E-state index in [0.717, 1.165) is 11.1 Å². The van der Waals surface area contributed by atoms with Crippen molar-refractivity contribution in [2.45, 2.75) is 5.41 Å². The Hall–Kier alpha value is -3.64. The third-order valence-electron chi connectivity index (χ3n) is 6.61. The van der Waals surface area contributed by atoms with Crippen LogP contribution in [0, 0.1) is 0 Å². The average molecular weight is 368 g/mol. The van der Waals surface area contributed by atoms with Gasteiger partial charge in [-0.25, -0.2) is 0 Å². The minimum atomic E-state index is -0.267. The van der Waals surface area contributed by atoms with Crippen LogP contribution in [0.25, 0.3) is 34.4 Å². The molecule has 0 amide bonds. The van der Waals surface area contributed by atoms with Gasteiger partial charge in [-0.15, -0.1) is 0 Å². The van der Waals surface area contributed by atoms with Gasteiger partial charge in [0.05, 0.1) is 5.41 Å². The molecule has 136 valence electrons. The highest BCUT2D eigenvalue weighted by atomic mass is 14.5. The second kappa shape index (κ2) is 5.68. The summed E-state index contributed by atoms with van der Waals surface area (Å²) >= 11 is 0. The predicted octanol–water partition coefficient (Wildman–Crippen LogP) is 7.32. The van der Waals surface area contributed by atoms with Crippen molar-refractivity contribution in [1.29, 1.82) is 0 Å². The van der Waals surface area contributed by atoms with E-state index in [9.17, 15) is 0 Å². The first kappa shape index (κ1) is 16.3. The molecule has 0 aliphatic heterocycles. The minimum Gasteiger partial charge on any atom is -0.0985 e. The third-order valence-corrected chi connectivity index (χ3v) is 6.61. The number of fused-ring (bicyclic) bond motifs is 10. The second-order valence-corrected chi connectivity index (χ2v) is 7.86. The van der Waals surface area contributed by atoms with Crippen LogP contribution in [0.5, 0.6) is 0 Å². The van der Waals surface area contributed by atoms with Gasteiger partial charge in [-0.1, -0.05) is 98.1 Å². The van der Waals surface area contributed by atoms with E-state index in [-0.39, 0.29) is 5.41 Å². The summed E-state index contributed by atoms with van der Waals surface area (Å²) in [5.74, 6) is 0. The van der Waals surface area contributed by atoms with E-state index in [1.54, 1.807) is 0 Å². The molecule has 2 aliphatic rings. The first-order chi connectivity index (χ1) is 14.3. The van der Waals surface area contributed by atoms with Gasteiger partial charge in [0.25, 0.3) is 0 Å². The maximum Gasteiger partial charge on any atom is 0.0725 e. The SMILES string of the molecule is C=Cc1ccc2c(c1)-c1cc(C=C)ccc1C21c2ccccc2-c2ccccc21. The highest BCUT2D eigenvalue weighted by Crippen LogP contribution is 2.62. The van der Waals surface area contributed by atoms with Gasteiger partial charge in [-0.2, -0.15) is 0 Å². The summed E-state index contributed by atoms with van der Waals surface area (Å²) in [7, 11) is 0. The van der Waals surface area contributed by atoms with E-state index < -0.39 is 0 Å². The van der Waals surface area contributed by atoms with Gasteiger partial charge in [0.1, 0.15) is 0 Å². The molecule has 0 fully saturated rings. The Kier molecular flexibility index (Phi) is 3.20. The van der Waals surface area contributed by atoms with Crippen LogP contribution in [0.15, 0.2) is 98.1 Å². The first-order valence-corrected chi connectivity index (χ1v) is 10.0. The van der Waals surface area contributed by atoms with Crippen molar-refractivity contribution in [2.24, 2.45) is 0 Å². The third kappa shape index (κ3) is 1.89. The fraction of sp³-hybridized carbons (Fsp3) is 0.0345. The van der Waals surface area contributed by atoms with Gasteiger partial charge in [0.15, 0.2) is 0 Å². The Bertz CT molecular complexity index is 1230. The first-order valence-electron chi connectivity index (χ1n) is 10.0. The number of hydrogen-bond donors (Lipinski definition) is 0. The zero-order valence-electron chi connectivity index (χ0n) is 16.2. The van der Waals surface area contributed by atoms with Crippen LogP contribution in [0.1, 0.15) is 33.4 Å². The summed E-state index contributed by atoms with van der Waals surface area (Å²) in [6, 6.07) is 31.3. The zero-order valence-corrected chi connectivity index (χ0v) is 16.2. The van der Waals surface area contributed by atoms with Crippen molar-refractivity contribution in [3.05, 3.63) is 131 Å². The Labute approximate surface area is 171 Å². The monoisotopic (exact) mass is 368 g/mol. The van der Waals surface area contributed by atoms with Crippen LogP contribution >= 0.6 is 0 Å². The fourth-order valence-corrected chi connectivity index (χ4v) is 5.44. The van der Waals surface area contributed by atoms with Crippen LogP contribution in [-0.4, -0.2) is 0 Å². The molecule has 4 aromatic rings. The van der Waals surface area contributed by atoms with Crippen LogP contribution < -0.4 is 0 Å². The summed E-state index contributed by atoms with van der Waals surface area (Å²) in [4.78, 5) is 0. The molecular weight excluding hydrogens is 348 g/mol. The second-order valence-electron chi connectivity index (χ2n) is 7.86. The summed E-state index contributed by atoms with van der Waals surface area (Å²) in [6.07, 6.45) is 3.86. The molecule has 0 N–H and O–H groups in total. The lowest BCUT2D eigenvalue weighted by Gasteiger charge is -2.30. The summed E-state index contributed by atoms with van der Waals surface area (Å²) < 4.78 is 0. The predicted molar refractivity (Wildman–Crippen MR) is 123 cm³/mol. The maximum absolute atomic E-state index is 3.99. The van der Waals surface area contributed by atoms with Crippen molar-refractivity contribution in [1.82, 2.24) is 0 Å². The van der Waals surface area contributed by atoms with Crippen molar-refractivity contribution in [2.75, 3.05) is 0 Å². The van der Waals surface area contributed by atoms with Crippen molar-refractivity contribution < 1.29 is 0 Å². The molecule has 0 atom stereocenters. The largest absolute Gasteiger partial charge is 0.0985 e. The van der Waals surface area contributed by atoms with Crippen LogP contribution in [-0.2, 0) is 5.41 Å². The smallest absolute Gasteiger partial charge is 0.0725 e. The molecule has 0 saturated heterocycles. The van der Waals surface area contributed by atoms with Crippen molar-refractivity contribution >= 4 is 12.2 Å². The maximum atomic E-state index is 3.99. The molecule has 0 aromatic heterocycles. The molecule has 0 nitrogen and oxygen atoms in total. The summed E-state index contributed by atoms with van der Waals surface area (Å²) in [5.41, 5.74) is 12.8. The molecule has 0 radical (unpaired) electrons. The Morgan fingerprint density at radius 3 is 1.34 bits per heavy atom. The van der Waals surface area contributed by atoms with Gasteiger partial charge in [-0.3, -0.25) is 0 Å². The molecule has 0 heteroatoms. The molecular formula is C29H20. The lowest BCUT2D eigenvalue weighted by Crippen LogP contribution is -2.25. The highest BCUT2D eigenvalue weighted by Gasteiger charge is 2.51. The standard InChI is InChI=1S/C29H20/c1-3-19-13-15-27-23(17-19)24-18-20(4-2)14-16-28(24)29(27)25-11-7-5-9-21(25)22-10-6-8-12-26(22)29/h3-18H,1-2H2. The van der Waals surface area contributed by atoms with Gasteiger partial charge in [0, 0.05) is 0 Å². The minimum absolute atomic E-state index is 0.267. The lowest BCUT2D eigenvalue weighted by atomic mass is 9.70. The molecule has 0 saturated carbocycles. The molecule has 0 unspecified atom stereocenters. The molecule has 29 heavy (non-hydrogen) atoms. The molecule has 4 aromatic carbocycles. The number of benzene rings is 4. The van der Waals surface area contributed by atoms with E-state index in [4.69, 9.17) is 0 Å². The molecule has 0 heterocycles. The van der Waals surface area contributed by atoms with E-state index in [0.29, 0.717) is 0 Å². The average Bonchev–Trinajstić information content (AvgIpc) is 3.25. The lowest BCUT2D eigenvalue weighted by molar-refractivity contribution is 0.793. The quantitative estimate of drug-likeness (QED) is 0.300. The Morgan fingerprint density at radius 2 is 0.897 bits per heavy atom. The van der Waals surface area contributed by atoms with E-state index in [1.165, 1.54) is 44.5 Å². The molecule has 2 aliphatic carbocycles. The zero-order chi connectivity index (χ0) is 19.6. The highest BCUT2D eigenvalue weighted by molar-refractivity contribution is 5.95. The van der Waals surface area contributed by atoms with Crippen molar-refractivity contribution in [3.63, 3.8) is 0 Å². The van der Waals surface area contributed by atoms with Crippen LogP contribution in [0.2, 0.25) is 0 Å². The number of hydrogen-bond acceptors (Lipinski definition) is 0. The van der Waals surface area contributed by atoms with E-state index in [2.05, 4.69) is 98.1 Å². The molecule has 1 spiro atoms. The molecule has 6 rings (SSSR count). The summed E-state index contributed by atoms with van der Waals surface area (Å²) in [5, 5.41) is 0. The van der Waals surface area contributed by atoms with E-state index >= 15 is 0 Å². The van der Waals surface area contributed by atoms with Gasteiger partial charge < -0.3 is 0 Å². The normalized spacial score (nSPS) is 14.1. The van der Waals surface area contributed by atoms with Gasteiger partial charge in [0.2, 0.25) is 0 Å². The van der Waals surface area contributed by atoms with Gasteiger partial charge >= 0.3 is 0 Å². The number of rotatable bonds is 2. The van der Waals surface area contributed by atoms with Gasteiger partial charge in [-0.05, 0) is 67.8 Å². The van der Waals surface area contributed by atoms with Crippen LogP contribution in [0.4, 0.5) is 0 Å². The Morgan fingerprint density at radius 1 is 0.483 bits per heavy atom. The fourth-order valence-electron chi connectivity index (χ4n) is 5.44.